The van der Waals surface area contributed by atoms with E-state index in [1.807, 2.05) is 12.1 Å². The topological polar surface area (TPSA) is 69.2 Å². The summed E-state index contributed by atoms with van der Waals surface area (Å²) in [5.74, 6) is 0. The fourth-order valence-corrected chi connectivity index (χ4v) is 2.83. The molecule has 2 rings (SSSR count). The summed E-state index contributed by atoms with van der Waals surface area (Å²) in [4.78, 5) is 10.4. The normalized spacial score (nSPS) is 25.6. The van der Waals surface area contributed by atoms with E-state index in [0.717, 1.165) is 12.0 Å². The number of nitro benzene ring substituents is 1. The first kappa shape index (κ1) is 12.0. The zero-order valence-electron chi connectivity index (χ0n) is 10.5. The number of hydrogen-bond acceptors (Lipinski definition) is 3. The molecule has 0 heterocycles. The quantitative estimate of drug-likeness (QED) is 0.645. The Bertz CT molecular complexity index is 482. The molecule has 17 heavy (non-hydrogen) atoms. The molecule has 1 fully saturated rings. The number of nitro groups is 1. The van der Waals surface area contributed by atoms with E-state index in [0.29, 0.717) is 12.1 Å². The van der Waals surface area contributed by atoms with Gasteiger partial charge in [0.25, 0.3) is 5.69 Å². The molecule has 1 aliphatic rings. The van der Waals surface area contributed by atoms with Crippen molar-refractivity contribution in [2.75, 3.05) is 6.54 Å². The maximum absolute atomic E-state index is 10.8. The van der Waals surface area contributed by atoms with Crippen LogP contribution < -0.4 is 5.73 Å². The van der Waals surface area contributed by atoms with Gasteiger partial charge in [-0.05, 0) is 30.4 Å². The molecule has 92 valence electrons. The fraction of sp³-hybridized carbons (Fsp3) is 0.538. The largest absolute Gasteiger partial charge is 0.330 e. The summed E-state index contributed by atoms with van der Waals surface area (Å²) < 4.78 is 0. The number of aryl methyl sites for hydroxylation is 1. The molecule has 0 amide bonds. The summed E-state index contributed by atoms with van der Waals surface area (Å²) in [5, 5.41) is 10.8. The van der Waals surface area contributed by atoms with Crippen LogP contribution in [0.4, 0.5) is 5.69 Å². The van der Waals surface area contributed by atoms with E-state index in [9.17, 15) is 10.1 Å². The molecule has 1 unspecified atom stereocenters. The molecule has 4 nitrogen and oxygen atoms in total. The zero-order valence-corrected chi connectivity index (χ0v) is 10.5. The third-order valence-electron chi connectivity index (χ3n) is 4.21. The number of nitrogens with two attached hydrogens (primary N) is 1. The minimum absolute atomic E-state index is 0.00683. The van der Waals surface area contributed by atoms with Crippen molar-refractivity contribution in [2.45, 2.75) is 32.6 Å². The van der Waals surface area contributed by atoms with Crippen molar-refractivity contribution in [3.8, 4) is 0 Å². The van der Waals surface area contributed by atoms with Gasteiger partial charge in [-0.1, -0.05) is 19.9 Å². The van der Waals surface area contributed by atoms with E-state index in [2.05, 4.69) is 13.8 Å². The molecule has 1 aromatic carbocycles. The average molecular weight is 234 g/mol. The Morgan fingerprint density at radius 1 is 1.47 bits per heavy atom. The van der Waals surface area contributed by atoms with Gasteiger partial charge in [0.15, 0.2) is 0 Å². The van der Waals surface area contributed by atoms with E-state index in [-0.39, 0.29) is 21.4 Å². The van der Waals surface area contributed by atoms with Crippen molar-refractivity contribution in [1.29, 1.82) is 0 Å². The van der Waals surface area contributed by atoms with Crippen molar-refractivity contribution in [1.82, 2.24) is 0 Å². The maximum atomic E-state index is 10.8. The predicted molar refractivity (Wildman–Crippen MR) is 67.0 cm³/mol. The Morgan fingerprint density at radius 2 is 2.06 bits per heavy atom. The molecule has 0 aliphatic heterocycles. The van der Waals surface area contributed by atoms with Crippen LogP contribution in [0.3, 0.4) is 0 Å². The molecule has 0 radical (unpaired) electrons. The van der Waals surface area contributed by atoms with Crippen molar-refractivity contribution in [3.05, 3.63) is 39.4 Å². The highest BCUT2D eigenvalue weighted by molar-refractivity contribution is 5.47. The molecule has 1 aliphatic carbocycles. The highest BCUT2D eigenvalue weighted by Gasteiger charge is 2.60. The van der Waals surface area contributed by atoms with E-state index < -0.39 is 0 Å². The lowest BCUT2D eigenvalue weighted by molar-refractivity contribution is -0.385. The first-order valence-electron chi connectivity index (χ1n) is 5.80. The monoisotopic (exact) mass is 234 g/mol. The van der Waals surface area contributed by atoms with Gasteiger partial charge < -0.3 is 5.73 Å². The smallest absolute Gasteiger partial charge is 0.272 e. The van der Waals surface area contributed by atoms with E-state index in [4.69, 9.17) is 5.73 Å². The highest BCUT2D eigenvalue weighted by Crippen LogP contribution is 2.63. The van der Waals surface area contributed by atoms with Crippen LogP contribution in [0.2, 0.25) is 0 Å². The second kappa shape index (κ2) is 3.53. The van der Waals surface area contributed by atoms with Crippen LogP contribution in [0.5, 0.6) is 0 Å². The minimum Gasteiger partial charge on any atom is -0.330 e. The molecular weight excluding hydrogens is 216 g/mol. The van der Waals surface area contributed by atoms with Gasteiger partial charge in [0.05, 0.1) is 4.92 Å². The molecule has 4 heteroatoms. The number of benzene rings is 1. The molecule has 2 N–H and O–H groups in total. The van der Waals surface area contributed by atoms with E-state index in [1.165, 1.54) is 0 Å². The fourth-order valence-electron chi connectivity index (χ4n) is 2.83. The second-order valence-electron chi connectivity index (χ2n) is 5.61. The van der Waals surface area contributed by atoms with Crippen LogP contribution in [0.15, 0.2) is 18.2 Å². The summed E-state index contributed by atoms with van der Waals surface area (Å²) in [6, 6.07) is 5.36. The number of rotatable bonds is 3. The SMILES string of the molecule is Cc1cc(C2(CN)CC2(C)C)ccc1[N+](=O)[O-]. The Balaban J connectivity index is 2.43. The molecule has 0 spiro atoms. The van der Waals surface area contributed by atoms with Crippen molar-refractivity contribution < 1.29 is 4.92 Å². The van der Waals surface area contributed by atoms with Crippen molar-refractivity contribution in [2.24, 2.45) is 11.1 Å². The van der Waals surface area contributed by atoms with Crippen LogP contribution in [0.1, 0.15) is 31.4 Å². The number of hydrogen-bond donors (Lipinski definition) is 1. The summed E-state index contributed by atoms with van der Waals surface area (Å²) in [7, 11) is 0. The van der Waals surface area contributed by atoms with Crippen LogP contribution >= 0.6 is 0 Å². The molecule has 1 saturated carbocycles. The molecule has 1 aromatic rings. The molecule has 0 saturated heterocycles. The van der Waals surface area contributed by atoms with E-state index in [1.54, 1.807) is 13.0 Å². The lowest BCUT2D eigenvalue weighted by Gasteiger charge is -2.19. The van der Waals surface area contributed by atoms with Crippen LogP contribution in [0.25, 0.3) is 0 Å². The molecular formula is C13H18N2O2. The zero-order chi connectivity index (χ0) is 12.8. The summed E-state index contributed by atoms with van der Waals surface area (Å²) in [5.41, 5.74) is 8.12. The van der Waals surface area contributed by atoms with Gasteiger partial charge >= 0.3 is 0 Å². The maximum Gasteiger partial charge on any atom is 0.272 e. The molecule has 1 atom stereocenters. The van der Waals surface area contributed by atoms with Gasteiger partial charge in [-0.2, -0.15) is 0 Å². The predicted octanol–water partition coefficient (Wildman–Crippen LogP) is 2.53. The first-order valence-corrected chi connectivity index (χ1v) is 5.80. The van der Waals surface area contributed by atoms with Gasteiger partial charge in [-0.3, -0.25) is 10.1 Å². The lowest BCUT2D eigenvalue weighted by Crippen LogP contribution is -2.25. The van der Waals surface area contributed by atoms with Gasteiger partial charge in [-0.25, -0.2) is 0 Å². The average Bonchev–Trinajstić information content (AvgIpc) is 2.81. The Hall–Kier alpha value is -1.42. The Labute approximate surface area is 101 Å². The number of nitrogens with zero attached hydrogens (tertiary/aromatic N) is 1. The lowest BCUT2D eigenvalue weighted by atomic mass is 9.87. The minimum atomic E-state index is -0.341. The van der Waals surface area contributed by atoms with Gasteiger partial charge in [0, 0.05) is 23.6 Å². The van der Waals surface area contributed by atoms with Gasteiger partial charge in [-0.15, -0.1) is 0 Å². The van der Waals surface area contributed by atoms with Gasteiger partial charge in [0.2, 0.25) is 0 Å². The van der Waals surface area contributed by atoms with E-state index >= 15 is 0 Å². The summed E-state index contributed by atoms with van der Waals surface area (Å²) >= 11 is 0. The molecule has 0 bridgehead atoms. The van der Waals surface area contributed by atoms with Crippen LogP contribution in [-0.2, 0) is 5.41 Å². The Morgan fingerprint density at radius 3 is 2.41 bits per heavy atom. The van der Waals surface area contributed by atoms with Crippen LogP contribution in [0, 0.1) is 22.5 Å². The first-order chi connectivity index (χ1) is 7.84. The Kier molecular flexibility index (Phi) is 2.51. The summed E-state index contributed by atoms with van der Waals surface area (Å²) in [6.07, 6.45) is 1.05. The van der Waals surface area contributed by atoms with Crippen molar-refractivity contribution in [3.63, 3.8) is 0 Å². The van der Waals surface area contributed by atoms with Crippen molar-refractivity contribution >= 4 is 5.69 Å². The third-order valence-corrected chi connectivity index (χ3v) is 4.21. The second-order valence-corrected chi connectivity index (χ2v) is 5.61. The standard InChI is InChI=1S/C13H18N2O2/c1-9-6-10(4-5-11(9)15(16)17)13(8-14)7-12(13,2)3/h4-6H,7-8,14H2,1-3H3. The van der Waals surface area contributed by atoms with Gasteiger partial charge in [0.1, 0.15) is 0 Å². The van der Waals surface area contributed by atoms with Crippen LogP contribution in [-0.4, -0.2) is 11.5 Å². The summed E-state index contributed by atoms with van der Waals surface area (Å²) in [6.45, 7) is 6.76. The third kappa shape index (κ3) is 1.63. The highest BCUT2D eigenvalue weighted by atomic mass is 16.6. The molecule has 0 aromatic heterocycles.